The molecule has 2 aromatic heterocycles. The fraction of sp³-hybridized carbons (Fsp3) is 0.0588. The fourth-order valence-electron chi connectivity index (χ4n) is 2.29. The molecule has 3 aromatic rings. The van der Waals surface area contributed by atoms with Crippen molar-refractivity contribution >= 4 is 11.8 Å². The van der Waals surface area contributed by atoms with Crippen molar-refractivity contribution in [3.8, 4) is 17.5 Å². The zero-order chi connectivity index (χ0) is 14.1. The molecule has 1 aliphatic rings. The van der Waals surface area contributed by atoms with Crippen molar-refractivity contribution < 1.29 is 0 Å². The third kappa shape index (κ3) is 2.22. The van der Waals surface area contributed by atoms with Gasteiger partial charge < -0.3 is 0 Å². The highest BCUT2D eigenvalue weighted by Crippen LogP contribution is 2.34. The van der Waals surface area contributed by atoms with E-state index in [1.807, 2.05) is 48.9 Å². The summed E-state index contributed by atoms with van der Waals surface area (Å²) < 4.78 is 2.09. The summed E-state index contributed by atoms with van der Waals surface area (Å²) in [6, 6.07) is 14.0. The van der Waals surface area contributed by atoms with Crippen LogP contribution in [0.1, 0.15) is 17.0 Å². The third-order valence-electron chi connectivity index (χ3n) is 3.32. The fourth-order valence-corrected chi connectivity index (χ4v) is 3.29. The van der Waals surface area contributed by atoms with Crippen LogP contribution in [0.15, 0.2) is 60.0 Å². The van der Waals surface area contributed by atoms with Crippen LogP contribution in [0, 0.1) is 11.8 Å². The molecule has 4 rings (SSSR count). The molecule has 1 aliphatic heterocycles. The molecule has 3 heterocycles. The second-order valence-corrected chi connectivity index (χ2v) is 5.61. The van der Waals surface area contributed by atoms with E-state index in [1.54, 1.807) is 11.8 Å². The van der Waals surface area contributed by atoms with Gasteiger partial charge in [-0.1, -0.05) is 35.9 Å². The summed E-state index contributed by atoms with van der Waals surface area (Å²) in [4.78, 5) is 8.86. The highest BCUT2D eigenvalue weighted by Gasteiger charge is 2.19. The molecule has 3 nitrogen and oxygen atoms in total. The van der Waals surface area contributed by atoms with Gasteiger partial charge in [-0.05, 0) is 30.2 Å². The lowest BCUT2D eigenvalue weighted by Gasteiger charge is -2.16. The minimum Gasteiger partial charge on any atom is -0.298 e. The van der Waals surface area contributed by atoms with Crippen molar-refractivity contribution in [1.82, 2.24) is 14.5 Å². The Balaban J connectivity index is 1.76. The summed E-state index contributed by atoms with van der Waals surface area (Å²) in [6.07, 6.45) is 3.66. The van der Waals surface area contributed by atoms with Gasteiger partial charge in [0.2, 0.25) is 0 Å². The van der Waals surface area contributed by atoms with Crippen molar-refractivity contribution in [1.29, 1.82) is 0 Å². The number of thioether (sulfide) groups is 1. The van der Waals surface area contributed by atoms with Crippen LogP contribution < -0.4 is 0 Å². The maximum absolute atomic E-state index is 4.46. The first kappa shape index (κ1) is 12.2. The van der Waals surface area contributed by atoms with Gasteiger partial charge in [-0.25, -0.2) is 9.97 Å². The quantitative estimate of drug-likeness (QED) is 0.595. The number of hydrogen-bond acceptors (Lipinski definition) is 3. The Kier molecular flexibility index (Phi) is 2.98. The van der Waals surface area contributed by atoms with Gasteiger partial charge in [-0.2, -0.15) is 0 Å². The number of fused-ring (bicyclic) bond motifs is 3. The Morgan fingerprint density at radius 1 is 1.00 bits per heavy atom. The van der Waals surface area contributed by atoms with Crippen LogP contribution in [0.25, 0.3) is 5.69 Å². The van der Waals surface area contributed by atoms with E-state index < -0.39 is 0 Å². The van der Waals surface area contributed by atoms with Gasteiger partial charge in [0.05, 0.1) is 11.4 Å². The van der Waals surface area contributed by atoms with Gasteiger partial charge in [-0.15, -0.1) is 0 Å². The second kappa shape index (κ2) is 5.12. The molecule has 0 spiro atoms. The minimum atomic E-state index is 0.848. The predicted octanol–water partition coefficient (Wildman–Crippen LogP) is 3.27. The highest BCUT2D eigenvalue weighted by atomic mass is 32.2. The number of nitrogens with zero attached hydrogens (tertiary/aromatic N) is 3. The van der Waals surface area contributed by atoms with E-state index in [-0.39, 0.29) is 0 Å². The number of benzene rings is 1. The van der Waals surface area contributed by atoms with Crippen LogP contribution in [-0.2, 0) is 5.75 Å². The Bertz CT molecular complexity index is 856. The monoisotopic (exact) mass is 289 g/mol. The van der Waals surface area contributed by atoms with Crippen molar-refractivity contribution in [2.45, 2.75) is 10.8 Å². The SMILES string of the molecule is C(#Cc1ncn2c1CSc1ncccc1-2)c1ccccc1. The van der Waals surface area contributed by atoms with Crippen LogP contribution >= 0.6 is 11.8 Å². The molecule has 0 radical (unpaired) electrons. The number of rotatable bonds is 0. The summed E-state index contributed by atoms with van der Waals surface area (Å²) in [5.74, 6) is 7.20. The topological polar surface area (TPSA) is 30.7 Å². The van der Waals surface area contributed by atoms with Crippen molar-refractivity contribution in [3.63, 3.8) is 0 Å². The summed E-state index contributed by atoms with van der Waals surface area (Å²) >= 11 is 1.73. The van der Waals surface area contributed by atoms with Crippen molar-refractivity contribution in [2.24, 2.45) is 0 Å². The van der Waals surface area contributed by atoms with E-state index in [2.05, 4.69) is 32.4 Å². The van der Waals surface area contributed by atoms with Gasteiger partial charge >= 0.3 is 0 Å². The van der Waals surface area contributed by atoms with Gasteiger partial charge in [-0.3, -0.25) is 4.57 Å². The Labute approximate surface area is 127 Å². The molecule has 0 aliphatic carbocycles. The van der Waals surface area contributed by atoms with Gasteiger partial charge in [0.15, 0.2) is 0 Å². The molecule has 1 aromatic carbocycles. The summed E-state index contributed by atoms with van der Waals surface area (Å²) in [6.45, 7) is 0. The lowest BCUT2D eigenvalue weighted by molar-refractivity contribution is 0.910. The van der Waals surface area contributed by atoms with Gasteiger partial charge in [0, 0.05) is 17.5 Å². The molecule has 0 atom stereocenters. The Hall–Kier alpha value is -2.51. The van der Waals surface area contributed by atoms with Crippen molar-refractivity contribution in [2.75, 3.05) is 0 Å². The van der Waals surface area contributed by atoms with Crippen LogP contribution in [0.3, 0.4) is 0 Å². The van der Waals surface area contributed by atoms with E-state index in [0.29, 0.717) is 0 Å². The van der Waals surface area contributed by atoms with E-state index in [9.17, 15) is 0 Å². The van der Waals surface area contributed by atoms with E-state index in [0.717, 1.165) is 33.4 Å². The molecule has 0 bridgehead atoms. The molecule has 0 unspecified atom stereocenters. The lowest BCUT2D eigenvalue weighted by Crippen LogP contribution is -2.06. The smallest absolute Gasteiger partial charge is 0.136 e. The van der Waals surface area contributed by atoms with Crippen LogP contribution in [-0.4, -0.2) is 14.5 Å². The maximum Gasteiger partial charge on any atom is 0.136 e. The van der Waals surface area contributed by atoms with E-state index in [1.165, 1.54) is 0 Å². The predicted molar refractivity (Wildman–Crippen MR) is 83.3 cm³/mol. The van der Waals surface area contributed by atoms with Crippen LogP contribution in [0.5, 0.6) is 0 Å². The molecule has 0 N–H and O–H groups in total. The van der Waals surface area contributed by atoms with E-state index in [4.69, 9.17) is 0 Å². The molecule has 4 heteroatoms. The van der Waals surface area contributed by atoms with Gasteiger partial charge in [0.1, 0.15) is 17.0 Å². The molecule has 0 amide bonds. The van der Waals surface area contributed by atoms with Gasteiger partial charge in [0.25, 0.3) is 0 Å². The number of imidazole rings is 1. The molecular weight excluding hydrogens is 278 g/mol. The molecular formula is C17H11N3S. The molecule has 0 fully saturated rings. The van der Waals surface area contributed by atoms with Crippen molar-refractivity contribution in [3.05, 3.63) is 71.9 Å². The number of hydrogen-bond donors (Lipinski definition) is 0. The number of pyridine rings is 1. The molecule has 100 valence electrons. The lowest BCUT2D eigenvalue weighted by atomic mass is 10.2. The zero-order valence-electron chi connectivity index (χ0n) is 11.2. The van der Waals surface area contributed by atoms with Crippen LogP contribution in [0.4, 0.5) is 0 Å². The highest BCUT2D eigenvalue weighted by molar-refractivity contribution is 7.98. The Morgan fingerprint density at radius 2 is 1.90 bits per heavy atom. The first-order valence-corrected chi connectivity index (χ1v) is 7.62. The van der Waals surface area contributed by atoms with Crippen LogP contribution in [0.2, 0.25) is 0 Å². The largest absolute Gasteiger partial charge is 0.298 e. The standard InChI is InChI=1S/C17H11N3S/c1-2-5-13(6-3-1)8-9-14-16-11-21-17-15(7-4-10-18-17)20(16)12-19-14/h1-7,10,12H,11H2. The van der Waals surface area contributed by atoms with E-state index >= 15 is 0 Å². The Morgan fingerprint density at radius 3 is 2.81 bits per heavy atom. The second-order valence-electron chi connectivity index (χ2n) is 4.64. The number of aromatic nitrogens is 3. The average Bonchev–Trinajstić information content (AvgIpc) is 2.97. The zero-order valence-corrected chi connectivity index (χ0v) is 12.0. The minimum absolute atomic E-state index is 0.848. The molecule has 0 saturated carbocycles. The summed E-state index contributed by atoms with van der Waals surface area (Å²) in [5.41, 5.74) is 4.08. The first-order chi connectivity index (χ1) is 10.4. The third-order valence-corrected chi connectivity index (χ3v) is 4.33. The average molecular weight is 289 g/mol. The summed E-state index contributed by atoms with van der Waals surface area (Å²) in [7, 11) is 0. The molecule has 21 heavy (non-hydrogen) atoms. The maximum atomic E-state index is 4.46. The normalized spacial score (nSPS) is 12.0. The summed E-state index contributed by atoms with van der Waals surface area (Å²) in [5, 5.41) is 1.05. The first-order valence-electron chi connectivity index (χ1n) is 6.63. The molecule has 0 saturated heterocycles.